The molecule has 4 amide bonds. The van der Waals surface area contributed by atoms with Crippen molar-refractivity contribution in [2.24, 2.45) is 0 Å². The molecular formula is C28H43N5O6. The third-order valence-corrected chi connectivity index (χ3v) is 6.73. The van der Waals surface area contributed by atoms with Crippen LogP contribution in [0.3, 0.4) is 0 Å². The number of hydrogen-bond acceptors (Lipinski definition) is 7. The van der Waals surface area contributed by atoms with E-state index in [2.05, 4.69) is 15.5 Å². The van der Waals surface area contributed by atoms with E-state index in [0.717, 1.165) is 6.42 Å². The zero-order valence-corrected chi connectivity index (χ0v) is 24.3. The van der Waals surface area contributed by atoms with Crippen LogP contribution < -0.4 is 20.1 Å². The standard InChI is InChI=1S/C28H43N5O6/c1-8-33-20(18-31-14-11-15-32(17-16-31)27(36)30-28(3,4)5)22(25(34)39-9-2)23(29-26(33)35)19-12-10-13-21(37-6)24(19)38-7/h10,12-13,23H,8-9,11,14-18H2,1-7H3,(H,29,35)(H,30,36). The van der Waals surface area contributed by atoms with Gasteiger partial charge >= 0.3 is 18.0 Å². The number of urea groups is 2. The van der Waals surface area contributed by atoms with Crippen LogP contribution in [-0.4, -0.2) is 98.4 Å². The third-order valence-electron chi connectivity index (χ3n) is 6.73. The number of carbonyl (C=O) groups is 3. The summed E-state index contributed by atoms with van der Waals surface area (Å²) in [6, 6.07) is 4.18. The van der Waals surface area contributed by atoms with Crippen LogP contribution in [-0.2, 0) is 9.53 Å². The zero-order chi connectivity index (χ0) is 28.7. The molecule has 0 radical (unpaired) electrons. The predicted molar refractivity (Wildman–Crippen MR) is 148 cm³/mol. The van der Waals surface area contributed by atoms with Gasteiger partial charge in [0.15, 0.2) is 11.5 Å². The number of para-hydroxylation sites is 1. The van der Waals surface area contributed by atoms with Gasteiger partial charge in [-0.3, -0.25) is 9.80 Å². The fourth-order valence-electron chi connectivity index (χ4n) is 4.97. The highest BCUT2D eigenvalue weighted by atomic mass is 16.5. The van der Waals surface area contributed by atoms with E-state index in [-0.39, 0.29) is 24.2 Å². The molecule has 2 aliphatic rings. The molecule has 1 saturated heterocycles. The number of carbonyl (C=O) groups excluding carboxylic acids is 3. The van der Waals surface area contributed by atoms with Gasteiger partial charge in [-0.2, -0.15) is 0 Å². The van der Waals surface area contributed by atoms with Crippen molar-refractivity contribution in [3.05, 3.63) is 35.0 Å². The van der Waals surface area contributed by atoms with E-state index in [9.17, 15) is 14.4 Å². The van der Waals surface area contributed by atoms with Crippen LogP contribution in [0.2, 0.25) is 0 Å². The van der Waals surface area contributed by atoms with Crippen molar-refractivity contribution in [3.63, 3.8) is 0 Å². The first-order valence-electron chi connectivity index (χ1n) is 13.5. The molecule has 3 rings (SSSR count). The average molecular weight is 546 g/mol. The lowest BCUT2D eigenvalue weighted by Crippen LogP contribution is -2.51. The summed E-state index contributed by atoms with van der Waals surface area (Å²) < 4.78 is 16.6. The molecular weight excluding hydrogens is 502 g/mol. The van der Waals surface area contributed by atoms with Crippen molar-refractivity contribution >= 4 is 18.0 Å². The second kappa shape index (κ2) is 13.1. The molecule has 216 valence electrons. The molecule has 0 aromatic heterocycles. The van der Waals surface area contributed by atoms with Gasteiger partial charge in [0.2, 0.25) is 0 Å². The van der Waals surface area contributed by atoms with Gasteiger partial charge in [-0.1, -0.05) is 12.1 Å². The minimum absolute atomic E-state index is 0.0896. The van der Waals surface area contributed by atoms with Crippen molar-refractivity contribution in [1.82, 2.24) is 25.3 Å². The summed E-state index contributed by atoms with van der Waals surface area (Å²) in [6.45, 7) is 12.9. The van der Waals surface area contributed by atoms with Crippen molar-refractivity contribution < 1.29 is 28.6 Å². The van der Waals surface area contributed by atoms with E-state index in [0.29, 0.717) is 67.6 Å². The van der Waals surface area contributed by atoms with Gasteiger partial charge < -0.3 is 29.7 Å². The van der Waals surface area contributed by atoms with Crippen molar-refractivity contribution in [3.8, 4) is 11.5 Å². The Morgan fingerprint density at radius 3 is 2.44 bits per heavy atom. The number of rotatable bonds is 8. The number of likely N-dealkylation sites (N-methyl/N-ethyl adjacent to an activating group) is 1. The Morgan fingerprint density at radius 1 is 1.08 bits per heavy atom. The quantitative estimate of drug-likeness (QED) is 0.483. The Balaban J connectivity index is 2.00. The first kappa shape index (κ1) is 30.1. The van der Waals surface area contributed by atoms with Crippen LogP contribution in [0.4, 0.5) is 9.59 Å². The molecule has 39 heavy (non-hydrogen) atoms. The van der Waals surface area contributed by atoms with Crippen molar-refractivity contribution in [2.75, 3.05) is 60.1 Å². The zero-order valence-electron chi connectivity index (χ0n) is 24.3. The number of benzene rings is 1. The topological polar surface area (TPSA) is 113 Å². The summed E-state index contributed by atoms with van der Waals surface area (Å²) in [7, 11) is 3.07. The summed E-state index contributed by atoms with van der Waals surface area (Å²) in [4.78, 5) is 45.2. The van der Waals surface area contributed by atoms with Gasteiger partial charge in [-0.15, -0.1) is 0 Å². The Labute approximate surface area is 231 Å². The molecule has 2 heterocycles. The SMILES string of the molecule is CCOC(=O)C1=C(CN2CCCN(C(=O)NC(C)(C)C)CC2)N(CC)C(=O)NC1c1cccc(OC)c1OC. The fourth-order valence-corrected chi connectivity index (χ4v) is 4.97. The molecule has 0 spiro atoms. The molecule has 1 fully saturated rings. The van der Waals surface area contributed by atoms with Crippen LogP contribution >= 0.6 is 0 Å². The van der Waals surface area contributed by atoms with Crippen molar-refractivity contribution in [2.45, 2.75) is 52.6 Å². The number of hydrogen-bond donors (Lipinski definition) is 2. The molecule has 2 N–H and O–H groups in total. The second-order valence-electron chi connectivity index (χ2n) is 10.6. The van der Waals surface area contributed by atoms with Gasteiger partial charge in [0.05, 0.1) is 32.4 Å². The minimum atomic E-state index is -0.791. The molecule has 11 heteroatoms. The van der Waals surface area contributed by atoms with Crippen LogP contribution in [0.5, 0.6) is 11.5 Å². The highest BCUT2D eigenvalue weighted by Gasteiger charge is 2.40. The molecule has 1 aromatic carbocycles. The van der Waals surface area contributed by atoms with Gasteiger partial charge in [-0.05, 0) is 47.1 Å². The molecule has 0 bridgehead atoms. The molecule has 1 aromatic rings. The van der Waals surface area contributed by atoms with Crippen LogP contribution in [0.1, 0.15) is 52.6 Å². The molecule has 0 saturated carbocycles. The molecule has 1 atom stereocenters. The lowest BCUT2D eigenvalue weighted by atomic mass is 9.93. The molecule has 11 nitrogen and oxygen atoms in total. The van der Waals surface area contributed by atoms with E-state index < -0.39 is 12.0 Å². The Bertz CT molecular complexity index is 1080. The summed E-state index contributed by atoms with van der Waals surface area (Å²) in [5, 5.41) is 6.02. The minimum Gasteiger partial charge on any atom is -0.493 e. The highest BCUT2D eigenvalue weighted by Crippen LogP contribution is 2.40. The highest BCUT2D eigenvalue weighted by molar-refractivity contribution is 5.95. The number of nitrogens with zero attached hydrogens (tertiary/aromatic N) is 3. The Morgan fingerprint density at radius 2 is 1.82 bits per heavy atom. The molecule has 0 aliphatic carbocycles. The van der Waals surface area contributed by atoms with Gasteiger partial charge in [-0.25, -0.2) is 14.4 Å². The lowest BCUT2D eigenvalue weighted by molar-refractivity contribution is -0.139. The van der Waals surface area contributed by atoms with Crippen LogP contribution in [0.25, 0.3) is 0 Å². The average Bonchev–Trinajstić information content (AvgIpc) is 3.12. The van der Waals surface area contributed by atoms with Crippen LogP contribution in [0.15, 0.2) is 29.5 Å². The predicted octanol–water partition coefficient (Wildman–Crippen LogP) is 3.12. The lowest BCUT2D eigenvalue weighted by Gasteiger charge is -2.38. The monoisotopic (exact) mass is 545 g/mol. The fraction of sp³-hybridized carbons (Fsp3) is 0.607. The largest absolute Gasteiger partial charge is 0.493 e. The number of esters is 1. The van der Waals surface area contributed by atoms with E-state index in [1.54, 1.807) is 24.0 Å². The maximum atomic E-state index is 13.5. The summed E-state index contributed by atoms with van der Waals surface area (Å²) in [5.74, 6) is 0.432. The number of amides is 4. The molecule has 1 unspecified atom stereocenters. The van der Waals surface area contributed by atoms with E-state index in [1.807, 2.05) is 38.7 Å². The van der Waals surface area contributed by atoms with E-state index in [1.165, 1.54) is 14.2 Å². The maximum Gasteiger partial charge on any atom is 0.338 e. The van der Waals surface area contributed by atoms with Gasteiger partial charge in [0, 0.05) is 56.1 Å². The van der Waals surface area contributed by atoms with Crippen LogP contribution in [0, 0.1) is 0 Å². The summed E-state index contributed by atoms with van der Waals surface area (Å²) >= 11 is 0. The Kier molecular flexibility index (Phi) is 10.1. The summed E-state index contributed by atoms with van der Waals surface area (Å²) in [6.07, 6.45) is 0.769. The first-order chi connectivity index (χ1) is 18.5. The smallest absolute Gasteiger partial charge is 0.338 e. The number of ether oxygens (including phenoxy) is 3. The third kappa shape index (κ3) is 7.14. The maximum absolute atomic E-state index is 13.5. The number of nitrogens with one attached hydrogen (secondary N) is 2. The van der Waals surface area contributed by atoms with Gasteiger partial charge in [0.1, 0.15) is 0 Å². The number of methoxy groups -OCH3 is 2. The van der Waals surface area contributed by atoms with E-state index >= 15 is 0 Å². The van der Waals surface area contributed by atoms with Crippen molar-refractivity contribution in [1.29, 1.82) is 0 Å². The first-order valence-corrected chi connectivity index (χ1v) is 13.5. The Hall–Kier alpha value is -3.47. The van der Waals surface area contributed by atoms with E-state index in [4.69, 9.17) is 14.2 Å². The summed E-state index contributed by atoms with van der Waals surface area (Å²) in [5.41, 5.74) is 1.22. The van der Waals surface area contributed by atoms with Gasteiger partial charge in [0.25, 0.3) is 0 Å². The normalized spacial score (nSPS) is 18.8. The second-order valence-corrected chi connectivity index (χ2v) is 10.6. The molecule has 2 aliphatic heterocycles.